The van der Waals surface area contributed by atoms with Crippen molar-refractivity contribution in [3.05, 3.63) is 63.9 Å². The Hall–Kier alpha value is -2.56. The average Bonchev–Trinajstić information content (AvgIpc) is 3.12. The molecule has 0 spiro atoms. The zero-order valence-electron chi connectivity index (χ0n) is 15.3. The molecule has 1 heterocycles. The molecule has 1 amide bonds. The van der Waals surface area contributed by atoms with Gasteiger partial charge in [0, 0.05) is 16.1 Å². The Morgan fingerprint density at radius 3 is 2.38 bits per heavy atom. The van der Waals surface area contributed by atoms with Gasteiger partial charge in [0.2, 0.25) is 5.91 Å². The fraction of sp³-hybridized carbons (Fsp3) is 0.200. The van der Waals surface area contributed by atoms with E-state index in [0.717, 1.165) is 9.64 Å². The minimum absolute atomic E-state index is 0.145. The van der Waals surface area contributed by atoms with Gasteiger partial charge in [-0.1, -0.05) is 0 Å². The average molecular weight is 515 g/mol. The topological polar surface area (TPSA) is 56.1 Å². The van der Waals surface area contributed by atoms with Gasteiger partial charge in [0.15, 0.2) is 5.69 Å². The molecular formula is C20H17F3IN3O2. The molecule has 0 atom stereocenters. The molecule has 1 aromatic heterocycles. The molecule has 0 aliphatic rings. The van der Waals surface area contributed by atoms with Gasteiger partial charge in [-0.05, 0) is 77.2 Å². The lowest BCUT2D eigenvalue weighted by Crippen LogP contribution is -2.25. The summed E-state index contributed by atoms with van der Waals surface area (Å²) in [5.74, 6) is 0.406. The number of nitrogens with one attached hydrogen (secondary N) is 1. The third-order valence-electron chi connectivity index (χ3n) is 3.97. The van der Waals surface area contributed by atoms with Crippen molar-refractivity contribution in [1.82, 2.24) is 15.1 Å². The smallest absolute Gasteiger partial charge is 0.435 e. The first-order chi connectivity index (χ1) is 13.7. The second kappa shape index (κ2) is 8.85. The number of ether oxygens (including phenoxy) is 1. The molecule has 0 radical (unpaired) electrons. The molecule has 0 saturated carbocycles. The maximum absolute atomic E-state index is 13.2. The normalized spacial score (nSPS) is 11.3. The van der Waals surface area contributed by atoms with Crippen molar-refractivity contribution in [2.45, 2.75) is 13.1 Å². The number of carbonyl (C=O) groups is 1. The SMILES string of the molecule is CC(=O)NCCOc1ccc(-c2cc(C(F)(F)F)nn2-c2ccc(I)cc2)cc1. The van der Waals surface area contributed by atoms with E-state index in [9.17, 15) is 18.0 Å². The number of hydrogen-bond donors (Lipinski definition) is 1. The lowest BCUT2D eigenvalue weighted by molar-refractivity contribution is -0.141. The Morgan fingerprint density at radius 2 is 1.79 bits per heavy atom. The highest BCUT2D eigenvalue weighted by Gasteiger charge is 2.35. The van der Waals surface area contributed by atoms with E-state index in [1.54, 1.807) is 48.5 Å². The van der Waals surface area contributed by atoms with Gasteiger partial charge < -0.3 is 10.1 Å². The van der Waals surface area contributed by atoms with Gasteiger partial charge in [0.05, 0.1) is 17.9 Å². The summed E-state index contributed by atoms with van der Waals surface area (Å²) in [5, 5.41) is 6.39. The zero-order chi connectivity index (χ0) is 21.0. The highest BCUT2D eigenvalue weighted by atomic mass is 127. The van der Waals surface area contributed by atoms with Crippen LogP contribution in [0.15, 0.2) is 54.6 Å². The predicted molar refractivity (Wildman–Crippen MR) is 111 cm³/mol. The van der Waals surface area contributed by atoms with Crippen LogP contribution in [0.2, 0.25) is 0 Å². The fourth-order valence-corrected chi connectivity index (χ4v) is 2.98. The standard InChI is InChI=1S/C20H17F3IN3O2/c1-13(28)25-10-11-29-17-8-2-14(3-9-17)18-12-19(20(21,22)23)26-27(18)16-6-4-15(24)5-7-16/h2-9,12H,10-11H2,1H3,(H,25,28). The van der Waals surface area contributed by atoms with Crippen molar-refractivity contribution in [2.75, 3.05) is 13.2 Å². The molecule has 0 aliphatic carbocycles. The third kappa shape index (κ3) is 5.49. The van der Waals surface area contributed by atoms with Crippen molar-refractivity contribution < 1.29 is 22.7 Å². The second-order valence-corrected chi connectivity index (χ2v) is 7.40. The molecule has 0 aliphatic heterocycles. The number of hydrogen-bond acceptors (Lipinski definition) is 3. The zero-order valence-corrected chi connectivity index (χ0v) is 17.5. The van der Waals surface area contributed by atoms with Gasteiger partial charge in [-0.3, -0.25) is 4.79 Å². The first kappa shape index (κ1) is 21.2. The minimum Gasteiger partial charge on any atom is -0.492 e. The number of alkyl halides is 3. The molecule has 0 saturated heterocycles. The van der Waals surface area contributed by atoms with Crippen LogP contribution in [-0.4, -0.2) is 28.8 Å². The Kier molecular flexibility index (Phi) is 6.46. The molecule has 1 N–H and O–H groups in total. The van der Waals surface area contributed by atoms with Crippen LogP contribution in [0.5, 0.6) is 5.75 Å². The summed E-state index contributed by atoms with van der Waals surface area (Å²) in [4.78, 5) is 10.8. The van der Waals surface area contributed by atoms with E-state index < -0.39 is 11.9 Å². The molecule has 0 bridgehead atoms. The van der Waals surface area contributed by atoms with Crippen LogP contribution in [-0.2, 0) is 11.0 Å². The predicted octanol–water partition coefficient (Wildman–Crippen LogP) is 4.68. The number of aromatic nitrogens is 2. The first-order valence-electron chi connectivity index (χ1n) is 8.65. The van der Waals surface area contributed by atoms with Crippen LogP contribution in [0.3, 0.4) is 0 Å². The Balaban J connectivity index is 1.88. The van der Waals surface area contributed by atoms with E-state index in [1.165, 1.54) is 11.6 Å². The van der Waals surface area contributed by atoms with Crippen LogP contribution in [0.25, 0.3) is 16.9 Å². The number of nitrogens with zero attached hydrogens (tertiary/aromatic N) is 2. The van der Waals surface area contributed by atoms with Crippen molar-refractivity contribution in [1.29, 1.82) is 0 Å². The molecule has 9 heteroatoms. The summed E-state index contributed by atoms with van der Waals surface area (Å²) in [5.41, 5.74) is 0.470. The molecular weight excluding hydrogens is 498 g/mol. The van der Waals surface area contributed by atoms with Crippen LogP contribution in [0.4, 0.5) is 13.2 Å². The van der Waals surface area contributed by atoms with Gasteiger partial charge in [-0.15, -0.1) is 0 Å². The molecule has 0 fully saturated rings. The van der Waals surface area contributed by atoms with Gasteiger partial charge in [0.1, 0.15) is 12.4 Å². The lowest BCUT2D eigenvalue weighted by atomic mass is 10.1. The summed E-state index contributed by atoms with van der Waals surface area (Å²) < 4.78 is 47.5. The molecule has 3 rings (SSSR count). The van der Waals surface area contributed by atoms with E-state index in [0.29, 0.717) is 29.2 Å². The van der Waals surface area contributed by atoms with Crippen molar-refractivity contribution in [2.24, 2.45) is 0 Å². The van der Waals surface area contributed by atoms with Crippen molar-refractivity contribution >= 4 is 28.5 Å². The largest absolute Gasteiger partial charge is 0.492 e. The number of amides is 1. The quantitative estimate of drug-likeness (QED) is 0.384. The van der Waals surface area contributed by atoms with Crippen LogP contribution in [0.1, 0.15) is 12.6 Å². The van der Waals surface area contributed by atoms with E-state index >= 15 is 0 Å². The van der Waals surface area contributed by atoms with Crippen LogP contribution in [0, 0.1) is 3.57 Å². The molecule has 5 nitrogen and oxygen atoms in total. The molecule has 0 unspecified atom stereocenters. The summed E-state index contributed by atoms with van der Waals surface area (Å²) in [6, 6.07) is 14.8. The van der Waals surface area contributed by atoms with Gasteiger partial charge in [-0.2, -0.15) is 18.3 Å². The fourth-order valence-electron chi connectivity index (χ4n) is 2.62. The van der Waals surface area contributed by atoms with Crippen molar-refractivity contribution in [3.63, 3.8) is 0 Å². The number of benzene rings is 2. The second-order valence-electron chi connectivity index (χ2n) is 6.16. The van der Waals surface area contributed by atoms with E-state index in [2.05, 4.69) is 33.0 Å². The maximum atomic E-state index is 13.2. The summed E-state index contributed by atoms with van der Waals surface area (Å²) in [6.45, 7) is 2.07. The molecule has 29 heavy (non-hydrogen) atoms. The maximum Gasteiger partial charge on any atom is 0.435 e. The first-order valence-corrected chi connectivity index (χ1v) is 9.73. The lowest BCUT2D eigenvalue weighted by Gasteiger charge is -2.10. The minimum atomic E-state index is -4.55. The number of carbonyl (C=O) groups excluding carboxylic acids is 1. The molecule has 152 valence electrons. The van der Waals surface area contributed by atoms with Gasteiger partial charge in [-0.25, -0.2) is 4.68 Å². The van der Waals surface area contributed by atoms with E-state index in [1.807, 2.05) is 0 Å². The third-order valence-corrected chi connectivity index (χ3v) is 4.68. The van der Waals surface area contributed by atoms with E-state index in [-0.39, 0.29) is 12.5 Å². The molecule has 2 aromatic carbocycles. The number of rotatable bonds is 6. The Labute approximate surface area is 179 Å². The Bertz CT molecular complexity index is 984. The summed E-state index contributed by atoms with van der Waals surface area (Å²) in [6.07, 6.45) is -4.55. The molecule has 3 aromatic rings. The highest BCUT2D eigenvalue weighted by Crippen LogP contribution is 2.33. The monoisotopic (exact) mass is 515 g/mol. The van der Waals surface area contributed by atoms with Gasteiger partial charge >= 0.3 is 6.18 Å². The van der Waals surface area contributed by atoms with Crippen LogP contribution < -0.4 is 10.1 Å². The van der Waals surface area contributed by atoms with Crippen molar-refractivity contribution in [3.8, 4) is 22.7 Å². The summed E-state index contributed by atoms with van der Waals surface area (Å²) in [7, 11) is 0. The highest BCUT2D eigenvalue weighted by molar-refractivity contribution is 14.1. The Morgan fingerprint density at radius 1 is 1.14 bits per heavy atom. The van der Waals surface area contributed by atoms with Crippen LogP contribution >= 0.6 is 22.6 Å². The van der Waals surface area contributed by atoms with Gasteiger partial charge in [0.25, 0.3) is 0 Å². The summed E-state index contributed by atoms with van der Waals surface area (Å²) >= 11 is 2.13. The number of halogens is 4. The van der Waals surface area contributed by atoms with E-state index in [4.69, 9.17) is 4.74 Å².